The first kappa shape index (κ1) is 12.2. The molecule has 2 nitrogen and oxygen atoms in total. The lowest BCUT2D eigenvalue weighted by Crippen LogP contribution is -2.17. The molecule has 0 fully saturated rings. The molecule has 0 radical (unpaired) electrons. The van der Waals surface area contributed by atoms with Crippen molar-refractivity contribution in [3.63, 3.8) is 0 Å². The van der Waals surface area contributed by atoms with E-state index in [4.69, 9.17) is 10.5 Å². The van der Waals surface area contributed by atoms with Crippen LogP contribution in [-0.2, 0) is 11.3 Å². The van der Waals surface area contributed by atoms with Gasteiger partial charge in [0.1, 0.15) is 0 Å². The first-order valence-electron chi connectivity index (χ1n) is 5.47. The minimum Gasteiger partial charge on any atom is -0.380 e. The number of methoxy groups -OCH3 is 1. The van der Waals surface area contributed by atoms with Crippen LogP contribution in [0.5, 0.6) is 0 Å². The van der Waals surface area contributed by atoms with Crippen LogP contribution >= 0.6 is 0 Å². The Labute approximate surface area is 92.4 Å². The van der Waals surface area contributed by atoms with E-state index < -0.39 is 0 Å². The number of hydrogen-bond acceptors (Lipinski definition) is 2. The second kappa shape index (κ2) is 5.89. The molecular weight excluding hydrogens is 186 g/mol. The minimum atomic E-state index is 0.460. The molecule has 0 bridgehead atoms. The van der Waals surface area contributed by atoms with Crippen LogP contribution in [0, 0.1) is 5.92 Å². The molecule has 0 aliphatic rings. The van der Waals surface area contributed by atoms with Gasteiger partial charge in [0.05, 0.1) is 6.61 Å². The zero-order chi connectivity index (χ0) is 11.3. The molecule has 1 atom stereocenters. The molecule has 0 aromatic heterocycles. The highest BCUT2D eigenvalue weighted by Gasteiger charge is 2.13. The van der Waals surface area contributed by atoms with Crippen LogP contribution in [-0.4, -0.2) is 13.7 Å². The Balaban J connectivity index is 2.77. The van der Waals surface area contributed by atoms with Crippen molar-refractivity contribution >= 4 is 0 Å². The van der Waals surface area contributed by atoms with Crippen molar-refractivity contribution in [1.82, 2.24) is 0 Å². The lowest BCUT2D eigenvalue weighted by Gasteiger charge is -2.19. The Morgan fingerprint density at radius 2 is 1.80 bits per heavy atom. The summed E-state index contributed by atoms with van der Waals surface area (Å²) in [5.41, 5.74) is 8.31. The average molecular weight is 207 g/mol. The zero-order valence-electron chi connectivity index (χ0n) is 9.86. The van der Waals surface area contributed by atoms with Crippen molar-refractivity contribution in [2.24, 2.45) is 11.7 Å². The highest BCUT2D eigenvalue weighted by molar-refractivity contribution is 5.25. The Bertz CT molecular complexity index is 279. The van der Waals surface area contributed by atoms with E-state index >= 15 is 0 Å². The Morgan fingerprint density at radius 3 is 2.20 bits per heavy atom. The molecule has 1 rings (SSSR count). The van der Waals surface area contributed by atoms with Crippen LogP contribution in [0.1, 0.15) is 30.9 Å². The fraction of sp³-hybridized carbons (Fsp3) is 0.538. The summed E-state index contributed by atoms with van der Waals surface area (Å²) in [6, 6.07) is 8.55. The van der Waals surface area contributed by atoms with E-state index in [2.05, 4.69) is 38.1 Å². The zero-order valence-corrected chi connectivity index (χ0v) is 9.86. The quantitative estimate of drug-likeness (QED) is 0.805. The SMILES string of the molecule is COCc1ccc(C(CN)C(C)C)cc1. The van der Waals surface area contributed by atoms with E-state index in [-0.39, 0.29) is 0 Å². The third-order valence-electron chi connectivity index (χ3n) is 2.78. The molecule has 2 N–H and O–H groups in total. The lowest BCUT2D eigenvalue weighted by molar-refractivity contribution is 0.185. The first-order valence-corrected chi connectivity index (χ1v) is 5.47. The average Bonchev–Trinajstić information content (AvgIpc) is 2.21. The van der Waals surface area contributed by atoms with Crippen LogP contribution < -0.4 is 5.73 Å². The highest BCUT2D eigenvalue weighted by atomic mass is 16.5. The summed E-state index contributed by atoms with van der Waals surface area (Å²) in [7, 11) is 1.71. The molecular formula is C13H21NO. The predicted molar refractivity (Wildman–Crippen MR) is 63.8 cm³/mol. The minimum absolute atomic E-state index is 0.460. The molecule has 15 heavy (non-hydrogen) atoms. The molecule has 0 saturated heterocycles. The predicted octanol–water partition coefficient (Wildman–Crippen LogP) is 2.53. The van der Waals surface area contributed by atoms with E-state index in [0.29, 0.717) is 25.0 Å². The summed E-state index contributed by atoms with van der Waals surface area (Å²) in [4.78, 5) is 0. The van der Waals surface area contributed by atoms with Crippen molar-refractivity contribution in [2.45, 2.75) is 26.4 Å². The molecule has 0 amide bonds. The van der Waals surface area contributed by atoms with Gasteiger partial charge < -0.3 is 10.5 Å². The molecule has 84 valence electrons. The maximum Gasteiger partial charge on any atom is 0.0713 e. The first-order chi connectivity index (χ1) is 7.19. The third kappa shape index (κ3) is 3.33. The fourth-order valence-corrected chi connectivity index (χ4v) is 1.82. The van der Waals surface area contributed by atoms with E-state index in [1.54, 1.807) is 7.11 Å². The molecule has 0 saturated carbocycles. The van der Waals surface area contributed by atoms with Gasteiger partial charge >= 0.3 is 0 Å². The highest BCUT2D eigenvalue weighted by Crippen LogP contribution is 2.23. The third-order valence-corrected chi connectivity index (χ3v) is 2.78. The van der Waals surface area contributed by atoms with E-state index in [0.717, 1.165) is 0 Å². The van der Waals surface area contributed by atoms with Crippen molar-refractivity contribution in [3.8, 4) is 0 Å². The van der Waals surface area contributed by atoms with E-state index in [1.807, 2.05) is 0 Å². The summed E-state index contributed by atoms with van der Waals surface area (Å²) < 4.78 is 5.08. The smallest absolute Gasteiger partial charge is 0.0713 e. The van der Waals surface area contributed by atoms with Crippen molar-refractivity contribution < 1.29 is 4.74 Å². The summed E-state index contributed by atoms with van der Waals surface area (Å²) >= 11 is 0. The van der Waals surface area contributed by atoms with Gasteiger partial charge in [0.2, 0.25) is 0 Å². The summed E-state index contributed by atoms with van der Waals surface area (Å²) in [6.07, 6.45) is 0. The molecule has 1 aromatic carbocycles. The summed E-state index contributed by atoms with van der Waals surface area (Å²) in [5, 5.41) is 0. The van der Waals surface area contributed by atoms with Crippen LogP contribution in [0.25, 0.3) is 0 Å². The van der Waals surface area contributed by atoms with Gasteiger partial charge in [-0.2, -0.15) is 0 Å². The topological polar surface area (TPSA) is 35.2 Å². The number of ether oxygens (including phenoxy) is 1. The monoisotopic (exact) mass is 207 g/mol. The maximum absolute atomic E-state index is 5.78. The van der Waals surface area contributed by atoms with E-state index in [1.165, 1.54) is 11.1 Å². The molecule has 0 spiro atoms. The molecule has 0 aliphatic heterocycles. The second-order valence-corrected chi connectivity index (χ2v) is 4.26. The van der Waals surface area contributed by atoms with Crippen LogP contribution in [0.4, 0.5) is 0 Å². The summed E-state index contributed by atoms with van der Waals surface area (Å²) in [5.74, 6) is 1.05. The van der Waals surface area contributed by atoms with E-state index in [9.17, 15) is 0 Å². The molecule has 0 aliphatic carbocycles. The molecule has 0 heterocycles. The molecule has 1 aromatic rings. The van der Waals surface area contributed by atoms with Crippen molar-refractivity contribution in [2.75, 3.05) is 13.7 Å². The number of benzene rings is 1. The standard InChI is InChI=1S/C13H21NO/c1-10(2)13(8-14)12-6-4-11(5-7-12)9-15-3/h4-7,10,13H,8-9,14H2,1-3H3. The Hall–Kier alpha value is -0.860. The van der Waals surface area contributed by atoms with Crippen molar-refractivity contribution in [1.29, 1.82) is 0 Å². The van der Waals surface area contributed by atoms with Gasteiger partial charge in [-0.1, -0.05) is 38.1 Å². The van der Waals surface area contributed by atoms with Gasteiger partial charge in [0.15, 0.2) is 0 Å². The van der Waals surface area contributed by atoms with Crippen LogP contribution in [0.3, 0.4) is 0 Å². The van der Waals surface area contributed by atoms with Gasteiger partial charge in [-0.25, -0.2) is 0 Å². The van der Waals surface area contributed by atoms with Crippen LogP contribution in [0.15, 0.2) is 24.3 Å². The van der Waals surface area contributed by atoms with Gasteiger partial charge in [-0.05, 0) is 29.5 Å². The summed E-state index contributed by atoms with van der Waals surface area (Å²) in [6.45, 7) is 5.80. The normalized spacial score (nSPS) is 13.1. The molecule has 2 heteroatoms. The fourth-order valence-electron chi connectivity index (χ4n) is 1.82. The van der Waals surface area contributed by atoms with Crippen LogP contribution in [0.2, 0.25) is 0 Å². The number of rotatable bonds is 5. The van der Waals surface area contributed by atoms with Gasteiger partial charge in [0, 0.05) is 7.11 Å². The second-order valence-electron chi connectivity index (χ2n) is 4.26. The Kier molecular flexibility index (Phi) is 4.79. The number of nitrogens with two attached hydrogens (primary N) is 1. The van der Waals surface area contributed by atoms with Gasteiger partial charge in [-0.15, -0.1) is 0 Å². The molecule has 1 unspecified atom stereocenters. The maximum atomic E-state index is 5.78. The number of hydrogen-bond donors (Lipinski definition) is 1. The largest absolute Gasteiger partial charge is 0.380 e. The lowest BCUT2D eigenvalue weighted by atomic mass is 9.88. The van der Waals surface area contributed by atoms with Gasteiger partial charge in [0.25, 0.3) is 0 Å². The van der Waals surface area contributed by atoms with Crippen molar-refractivity contribution in [3.05, 3.63) is 35.4 Å². The van der Waals surface area contributed by atoms with Gasteiger partial charge in [-0.3, -0.25) is 0 Å². The Morgan fingerprint density at radius 1 is 1.20 bits per heavy atom.